The molecule has 1 aliphatic heterocycles. The second kappa shape index (κ2) is 8.16. The first kappa shape index (κ1) is 19.3. The lowest BCUT2D eigenvalue weighted by atomic mass is 9.91. The maximum Gasteiger partial charge on any atom is 0.0992 e. The Kier molecular flexibility index (Phi) is 5.44. The van der Waals surface area contributed by atoms with Crippen molar-refractivity contribution in [3.63, 3.8) is 0 Å². The molecule has 4 rings (SSSR count). The molecule has 0 saturated carbocycles. The van der Waals surface area contributed by atoms with E-state index in [4.69, 9.17) is 0 Å². The maximum atomic E-state index is 9.29. The van der Waals surface area contributed by atoms with Crippen LogP contribution in [0.3, 0.4) is 0 Å². The van der Waals surface area contributed by atoms with E-state index in [9.17, 15) is 5.26 Å². The Morgan fingerprint density at radius 3 is 2.31 bits per heavy atom. The van der Waals surface area contributed by atoms with Gasteiger partial charge in [-0.1, -0.05) is 66.4 Å². The summed E-state index contributed by atoms with van der Waals surface area (Å²) in [6, 6.07) is 31.0. The number of nitriles is 1. The van der Waals surface area contributed by atoms with Crippen LogP contribution in [0, 0.1) is 11.3 Å². The number of hydrogen-bond donors (Lipinski definition) is 1. The van der Waals surface area contributed by atoms with Crippen LogP contribution in [0.1, 0.15) is 25.0 Å². The van der Waals surface area contributed by atoms with Crippen LogP contribution in [0.5, 0.6) is 0 Å². The number of anilines is 1. The van der Waals surface area contributed by atoms with Gasteiger partial charge in [0.05, 0.1) is 27.9 Å². The van der Waals surface area contributed by atoms with Gasteiger partial charge in [0.25, 0.3) is 0 Å². The highest BCUT2D eigenvalue weighted by molar-refractivity contribution is 8.03. The highest BCUT2D eigenvalue weighted by atomic mass is 32.2. The fourth-order valence-electron chi connectivity index (χ4n) is 3.50. The fraction of sp³-hybridized carbons (Fsp3) is 0.160. The average Bonchev–Trinajstić information content (AvgIpc) is 3.00. The van der Waals surface area contributed by atoms with Gasteiger partial charge in [0.15, 0.2) is 0 Å². The zero-order valence-corrected chi connectivity index (χ0v) is 17.4. The number of para-hydroxylation sites is 1. The topological polar surface area (TPSA) is 39.1 Å². The number of hydrazine groups is 1. The van der Waals surface area contributed by atoms with Crippen LogP contribution in [0.25, 0.3) is 0 Å². The number of rotatable bonds is 5. The highest BCUT2D eigenvalue weighted by Crippen LogP contribution is 2.43. The van der Waals surface area contributed by atoms with Gasteiger partial charge in [-0.25, -0.2) is 5.43 Å². The van der Waals surface area contributed by atoms with Crippen LogP contribution in [-0.4, -0.2) is 5.54 Å². The SMILES string of the molecule is CC1(C)NN(c2ccccc2)C(Sc2cccc(C#N)c2)=C1Cc1ccccc1. The summed E-state index contributed by atoms with van der Waals surface area (Å²) in [5, 5.41) is 12.6. The second-order valence-corrected chi connectivity index (χ2v) is 8.66. The minimum atomic E-state index is -0.194. The number of nitrogens with one attached hydrogen (secondary N) is 1. The molecule has 0 unspecified atom stereocenters. The molecule has 144 valence electrons. The molecule has 29 heavy (non-hydrogen) atoms. The first-order valence-corrected chi connectivity index (χ1v) is 10.5. The predicted octanol–water partition coefficient (Wildman–Crippen LogP) is 5.91. The molecule has 0 spiro atoms. The average molecular weight is 398 g/mol. The van der Waals surface area contributed by atoms with Crippen molar-refractivity contribution in [2.24, 2.45) is 0 Å². The van der Waals surface area contributed by atoms with E-state index in [0.717, 1.165) is 17.0 Å². The van der Waals surface area contributed by atoms with Gasteiger partial charge in [-0.3, -0.25) is 5.01 Å². The number of thioether (sulfide) groups is 1. The Labute approximate surface area is 176 Å². The zero-order chi connectivity index (χ0) is 20.3. The molecule has 0 bridgehead atoms. The largest absolute Gasteiger partial charge is 0.269 e. The molecule has 0 aliphatic carbocycles. The standard InChI is InChI=1S/C25H23N3S/c1-25(2)23(17-19-10-5-3-6-11-19)24(28(27-25)21-13-7-4-8-14-21)29-22-15-9-12-20(16-22)18-26/h3-16,27H,17H2,1-2H3. The van der Waals surface area contributed by atoms with E-state index in [2.05, 4.69) is 91.0 Å². The smallest absolute Gasteiger partial charge is 0.0992 e. The molecular formula is C25H23N3S. The Hall–Kier alpha value is -3.00. The van der Waals surface area contributed by atoms with Crippen LogP contribution in [0.4, 0.5) is 5.69 Å². The lowest BCUT2D eigenvalue weighted by Gasteiger charge is -2.27. The van der Waals surface area contributed by atoms with Crippen molar-refractivity contribution in [1.82, 2.24) is 5.43 Å². The van der Waals surface area contributed by atoms with Gasteiger partial charge in [-0.05, 0) is 61.7 Å². The molecule has 3 nitrogen and oxygen atoms in total. The Morgan fingerprint density at radius 1 is 0.931 bits per heavy atom. The third-order valence-electron chi connectivity index (χ3n) is 5.02. The van der Waals surface area contributed by atoms with Crippen molar-refractivity contribution in [1.29, 1.82) is 5.26 Å². The van der Waals surface area contributed by atoms with Crippen molar-refractivity contribution in [2.45, 2.75) is 30.7 Å². The second-order valence-electron chi connectivity index (χ2n) is 7.60. The third-order valence-corrected chi connectivity index (χ3v) is 6.13. The molecule has 0 atom stereocenters. The maximum absolute atomic E-state index is 9.29. The number of benzene rings is 3. The third kappa shape index (κ3) is 4.22. The van der Waals surface area contributed by atoms with Gasteiger partial charge >= 0.3 is 0 Å². The van der Waals surface area contributed by atoms with E-state index >= 15 is 0 Å². The van der Waals surface area contributed by atoms with Gasteiger partial charge in [-0.2, -0.15) is 5.26 Å². The van der Waals surface area contributed by atoms with Crippen molar-refractivity contribution < 1.29 is 0 Å². The number of nitrogens with zero attached hydrogens (tertiary/aromatic N) is 2. The van der Waals surface area contributed by atoms with Crippen LogP contribution in [0.2, 0.25) is 0 Å². The summed E-state index contributed by atoms with van der Waals surface area (Å²) in [6.07, 6.45) is 0.866. The van der Waals surface area contributed by atoms with E-state index in [1.165, 1.54) is 16.2 Å². The zero-order valence-electron chi connectivity index (χ0n) is 16.6. The highest BCUT2D eigenvalue weighted by Gasteiger charge is 2.38. The van der Waals surface area contributed by atoms with Gasteiger partial charge in [0.1, 0.15) is 0 Å². The van der Waals surface area contributed by atoms with E-state index in [-0.39, 0.29) is 5.54 Å². The van der Waals surface area contributed by atoms with Gasteiger partial charge in [0, 0.05) is 4.90 Å². The van der Waals surface area contributed by atoms with Crippen LogP contribution >= 0.6 is 11.8 Å². The minimum absolute atomic E-state index is 0.194. The summed E-state index contributed by atoms with van der Waals surface area (Å²) in [5.41, 5.74) is 7.89. The minimum Gasteiger partial charge on any atom is -0.269 e. The molecule has 0 saturated heterocycles. The summed E-state index contributed by atoms with van der Waals surface area (Å²) >= 11 is 1.71. The van der Waals surface area contributed by atoms with E-state index in [1.54, 1.807) is 11.8 Å². The molecule has 0 radical (unpaired) electrons. The summed E-state index contributed by atoms with van der Waals surface area (Å²) in [4.78, 5) is 1.06. The molecule has 3 aromatic rings. The van der Waals surface area contributed by atoms with E-state index < -0.39 is 0 Å². The molecule has 1 N–H and O–H groups in total. The molecule has 4 heteroatoms. The van der Waals surface area contributed by atoms with Crippen LogP contribution < -0.4 is 10.4 Å². The van der Waals surface area contributed by atoms with Gasteiger partial charge < -0.3 is 0 Å². The predicted molar refractivity (Wildman–Crippen MR) is 120 cm³/mol. The number of hydrogen-bond acceptors (Lipinski definition) is 4. The van der Waals surface area contributed by atoms with E-state index in [1.807, 2.05) is 24.3 Å². The van der Waals surface area contributed by atoms with Crippen molar-refractivity contribution >= 4 is 17.4 Å². The molecule has 3 aromatic carbocycles. The van der Waals surface area contributed by atoms with Crippen molar-refractivity contribution in [3.8, 4) is 6.07 Å². The molecular weight excluding hydrogens is 374 g/mol. The molecule has 0 amide bonds. The molecule has 0 aromatic heterocycles. The first-order valence-electron chi connectivity index (χ1n) is 9.65. The Balaban J connectivity index is 1.80. The lowest BCUT2D eigenvalue weighted by molar-refractivity contribution is 0.483. The summed E-state index contributed by atoms with van der Waals surface area (Å²) in [7, 11) is 0. The summed E-state index contributed by atoms with van der Waals surface area (Å²) in [6.45, 7) is 4.45. The molecule has 1 aliphatic rings. The summed E-state index contributed by atoms with van der Waals surface area (Å²) in [5.74, 6) is 0. The van der Waals surface area contributed by atoms with Gasteiger partial charge in [0.2, 0.25) is 0 Å². The fourth-order valence-corrected chi connectivity index (χ4v) is 4.75. The first-order chi connectivity index (χ1) is 14.1. The Morgan fingerprint density at radius 2 is 1.62 bits per heavy atom. The van der Waals surface area contributed by atoms with Gasteiger partial charge in [-0.15, -0.1) is 0 Å². The van der Waals surface area contributed by atoms with Crippen molar-refractivity contribution in [3.05, 3.63) is 107 Å². The lowest BCUT2D eigenvalue weighted by Crippen LogP contribution is -2.44. The normalized spacial score (nSPS) is 15.4. The summed E-state index contributed by atoms with van der Waals surface area (Å²) < 4.78 is 0. The van der Waals surface area contributed by atoms with E-state index in [0.29, 0.717) is 5.56 Å². The van der Waals surface area contributed by atoms with Crippen LogP contribution in [-0.2, 0) is 6.42 Å². The van der Waals surface area contributed by atoms with Crippen molar-refractivity contribution in [2.75, 3.05) is 5.01 Å². The van der Waals surface area contributed by atoms with Crippen LogP contribution in [0.15, 0.2) is 100 Å². The Bertz CT molecular complexity index is 1070. The quantitative estimate of drug-likeness (QED) is 0.581. The molecule has 1 heterocycles. The molecule has 0 fully saturated rings. The monoisotopic (exact) mass is 397 g/mol.